The Morgan fingerprint density at radius 1 is 1.07 bits per heavy atom. The standard InChI is InChI=1S/C22H22N4OS/c1-28-14-13-20(21-23-18-10-4-5-11-19(18)24-21)26-22(27)25-17-12-6-8-15-7-2-3-9-16(15)17/h2-12,20H,13-14H2,1H3,(H,23,24)(H2,25,26,27). The quantitative estimate of drug-likeness (QED) is 0.417. The highest BCUT2D eigenvalue weighted by atomic mass is 32.2. The number of anilines is 1. The Hall–Kier alpha value is -2.99. The number of rotatable bonds is 6. The normalized spacial score (nSPS) is 12.2. The monoisotopic (exact) mass is 390 g/mol. The van der Waals surface area contributed by atoms with Crippen LogP contribution in [0.1, 0.15) is 18.3 Å². The Balaban J connectivity index is 1.55. The molecule has 1 aromatic heterocycles. The third-order valence-electron chi connectivity index (χ3n) is 4.69. The summed E-state index contributed by atoms with van der Waals surface area (Å²) in [6, 6.07) is 21.4. The summed E-state index contributed by atoms with van der Waals surface area (Å²) in [5.41, 5.74) is 2.68. The number of aromatic amines is 1. The Kier molecular flexibility index (Phi) is 5.48. The van der Waals surface area contributed by atoms with Gasteiger partial charge < -0.3 is 15.6 Å². The van der Waals surface area contributed by atoms with E-state index in [2.05, 4.69) is 26.9 Å². The zero-order valence-corrected chi connectivity index (χ0v) is 16.4. The Morgan fingerprint density at radius 3 is 2.71 bits per heavy atom. The van der Waals surface area contributed by atoms with Crippen LogP contribution in [-0.4, -0.2) is 28.0 Å². The molecule has 0 aliphatic carbocycles. The lowest BCUT2D eigenvalue weighted by Gasteiger charge is -2.17. The summed E-state index contributed by atoms with van der Waals surface area (Å²) in [6.07, 6.45) is 2.86. The van der Waals surface area contributed by atoms with Crippen molar-refractivity contribution in [3.63, 3.8) is 0 Å². The number of nitrogens with one attached hydrogen (secondary N) is 3. The number of hydrogen-bond acceptors (Lipinski definition) is 3. The van der Waals surface area contributed by atoms with Crippen LogP contribution in [0.15, 0.2) is 66.7 Å². The maximum atomic E-state index is 12.7. The number of hydrogen-bond donors (Lipinski definition) is 3. The number of urea groups is 1. The van der Waals surface area contributed by atoms with E-state index in [1.165, 1.54) is 0 Å². The number of aromatic nitrogens is 2. The van der Waals surface area contributed by atoms with Gasteiger partial charge in [-0.1, -0.05) is 48.5 Å². The van der Waals surface area contributed by atoms with Crippen molar-refractivity contribution in [3.05, 3.63) is 72.6 Å². The fourth-order valence-corrected chi connectivity index (χ4v) is 3.77. The fourth-order valence-electron chi connectivity index (χ4n) is 3.30. The average molecular weight is 391 g/mol. The van der Waals surface area contributed by atoms with Crippen LogP contribution in [0.5, 0.6) is 0 Å². The molecule has 3 N–H and O–H groups in total. The molecule has 6 heteroatoms. The van der Waals surface area contributed by atoms with Gasteiger partial charge in [0.15, 0.2) is 0 Å². The minimum absolute atomic E-state index is 0.185. The van der Waals surface area contributed by atoms with Gasteiger partial charge in [0.1, 0.15) is 5.82 Å². The lowest BCUT2D eigenvalue weighted by Crippen LogP contribution is -2.33. The number of para-hydroxylation sites is 2. The largest absolute Gasteiger partial charge is 0.340 e. The van der Waals surface area contributed by atoms with Crippen molar-refractivity contribution in [2.45, 2.75) is 12.5 Å². The number of nitrogens with zero attached hydrogens (tertiary/aromatic N) is 1. The van der Waals surface area contributed by atoms with E-state index in [1.54, 1.807) is 11.8 Å². The second kappa shape index (κ2) is 8.35. The molecule has 0 saturated heterocycles. The van der Waals surface area contributed by atoms with Crippen LogP contribution in [0.25, 0.3) is 21.8 Å². The lowest BCUT2D eigenvalue weighted by atomic mass is 10.1. The molecule has 4 rings (SSSR count). The lowest BCUT2D eigenvalue weighted by molar-refractivity contribution is 0.248. The van der Waals surface area contributed by atoms with Crippen molar-refractivity contribution in [1.29, 1.82) is 0 Å². The number of fused-ring (bicyclic) bond motifs is 2. The SMILES string of the molecule is CSCCC(NC(=O)Nc1cccc2ccccc12)c1nc2ccccc2[nH]1. The fraction of sp³-hybridized carbons (Fsp3) is 0.182. The first-order valence-electron chi connectivity index (χ1n) is 9.23. The van der Waals surface area contributed by atoms with E-state index in [9.17, 15) is 4.79 Å². The summed E-state index contributed by atoms with van der Waals surface area (Å²) < 4.78 is 0. The molecule has 0 aliphatic heterocycles. The molecule has 4 aromatic rings. The van der Waals surface area contributed by atoms with Gasteiger partial charge >= 0.3 is 6.03 Å². The summed E-state index contributed by atoms with van der Waals surface area (Å²) in [7, 11) is 0. The molecule has 1 heterocycles. The van der Waals surface area contributed by atoms with Crippen LogP contribution in [0.3, 0.4) is 0 Å². The van der Waals surface area contributed by atoms with E-state index in [1.807, 2.05) is 66.7 Å². The molecule has 0 spiro atoms. The molecule has 28 heavy (non-hydrogen) atoms. The zero-order chi connectivity index (χ0) is 19.3. The van der Waals surface area contributed by atoms with Crippen LogP contribution in [-0.2, 0) is 0 Å². The highest BCUT2D eigenvalue weighted by molar-refractivity contribution is 7.98. The van der Waals surface area contributed by atoms with Crippen molar-refractivity contribution >= 4 is 45.3 Å². The summed E-state index contributed by atoms with van der Waals surface area (Å²) in [5, 5.41) is 8.19. The molecule has 0 saturated carbocycles. The van der Waals surface area contributed by atoms with Crippen LogP contribution >= 0.6 is 11.8 Å². The molecule has 0 fully saturated rings. The Morgan fingerprint density at radius 2 is 1.86 bits per heavy atom. The molecule has 0 radical (unpaired) electrons. The summed E-state index contributed by atoms with van der Waals surface area (Å²) >= 11 is 1.75. The van der Waals surface area contributed by atoms with Crippen LogP contribution in [0.4, 0.5) is 10.5 Å². The number of H-pyrrole nitrogens is 1. The van der Waals surface area contributed by atoms with E-state index < -0.39 is 0 Å². The molecule has 0 aliphatic rings. The molecule has 2 amide bonds. The van der Waals surface area contributed by atoms with E-state index in [4.69, 9.17) is 0 Å². The predicted molar refractivity (Wildman–Crippen MR) is 118 cm³/mol. The van der Waals surface area contributed by atoms with Gasteiger partial charge in [0, 0.05) is 5.39 Å². The van der Waals surface area contributed by atoms with Crippen LogP contribution in [0, 0.1) is 0 Å². The van der Waals surface area contributed by atoms with Crippen molar-refractivity contribution < 1.29 is 4.79 Å². The molecule has 3 aromatic carbocycles. The molecule has 142 valence electrons. The molecular weight excluding hydrogens is 368 g/mol. The molecule has 1 atom stereocenters. The van der Waals surface area contributed by atoms with Crippen LogP contribution in [0.2, 0.25) is 0 Å². The number of benzene rings is 3. The minimum atomic E-state index is -0.233. The summed E-state index contributed by atoms with van der Waals surface area (Å²) in [4.78, 5) is 20.8. The van der Waals surface area contributed by atoms with Crippen molar-refractivity contribution in [1.82, 2.24) is 15.3 Å². The Bertz CT molecular complexity index is 1070. The van der Waals surface area contributed by atoms with E-state index in [-0.39, 0.29) is 12.1 Å². The number of thioether (sulfide) groups is 1. The minimum Gasteiger partial charge on any atom is -0.340 e. The van der Waals surface area contributed by atoms with E-state index in [0.717, 1.165) is 45.5 Å². The second-order valence-electron chi connectivity index (χ2n) is 6.60. The topological polar surface area (TPSA) is 69.8 Å². The summed E-state index contributed by atoms with van der Waals surface area (Å²) in [5.74, 6) is 1.71. The highest BCUT2D eigenvalue weighted by Gasteiger charge is 2.18. The van der Waals surface area contributed by atoms with Crippen LogP contribution < -0.4 is 10.6 Å². The first-order valence-corrected chi connectivity index (χ1v) is 10.6. The highest BCUT2D eigenvalue weighted by Crippen LogP contribution is 2.24. The van der Waals surface area contributed by atoms with Crippen molar-refractivity contribution in [2.24, 2.45) is 0 Å². The van der Waals surface area contributed by atoms with Gasteiger partial charge in [0.25, 0.3) is 0 Å². The van der Waals surface area contributed by atoms with E-state index in [0.29, 0.717) is 0 Å². The van der Waals surface area contributed by atoms with Gasteiger partial charge in [0.2, 0.25) is 0 Å². The molecule has 1 unspecified atom stereocenters. The van der Waals surface area contributed by atoms with Gasteiger partial charge in [-0.25, -0.2) is 9.78 Å². The summed E-state index contributed by atoms with van der Waals surface area (Å²) in [6.45, 7) is 0. The number of amides is 2. The second-order valence-corrected chi connectivity index (χ2v) is 7.58. The van der Waals surface area contributed by atoms with Gasteiger partial charge in [-0.05, 0) is 42.0 Å². The maximum Gasteiger partial charge on any atom is 0.319 e. The number of carbonyl (C=O) groups excluding carboxylic acids is 1. The number of carbonyl (C=O) groups is 1. The van der Waals surface area contributed by atoms with Crippen molar-refractivity contribution in [2.75, 3.05) is 17.3 Å². The molecule has 0 bridgehead atoms. The van der Waals surface area contributed by atoms with Crippen molar-refractivity contribution in [3.8, 4) is 0 Å². The first kappa shape index (κ1) is 18.4. The smallest absolute Gasteiger partial charge is 0.319 e. The average Bonchev–Trinajstić information content (AvgIpc) is 3.15. The third-order valence-corrected chi connectivity index (χ3v) is 5.34. The maximum absolute atomic E-state index is 12.7. The first-order chi connectivity index (χ1) is 13.7. The van der Waals surface area contributed by atoms with Gasteiger partial charge in [-0.2, -0.15) is 11.8 Å². The Labute approximate surface area is 167 Å². The zero-order valence-electron chi connectivity index (χ0n) is 15.6. The molecular formula is C22H22N4OS. The molecule has 5 nitrogen and oxygen atoms in total. The number of imidazole rings is 1. The predicted octanol–water partition coefficient (Wildman–Crippen LogP) is 5.33. The van der Waals surface area contributed by atoms with E-state index >= 15 is 0 Å². The van der Waals surface area contributed by atoms with Gasteiger partial charge in [-0.3, -0.25) is 0 Å². The van der Waals surface area contributed by atoms with Gasteiger partial charge in [0.05, 0.1) is 22.8 Å². The van der Waals surface area contributed by atoms with Gasteiger partial charge in [-0.15, -0.1) is 0 Å². The third kappa shape index (κ3) is 3.97.